The van der Waals surface area contributed by atoms with Crippen molar-refractivity contribution in [3.8, 4) is 0 Å². The lowest BCUT2D eigenvalue weighted by Crippen LogP contribution is -1.97. The normalized spacial score (nSPS) is 9.92. The highest BCUT2D eigenvalue weighted by Crippen LogP contribution is 2.13. The van der Waals surface area contributed by atoms with Crippen LogP contribution in [0.25, 0.3) is 0 Å². The Morgan fingerprint density at radius 1 is 1.42 bits per heavy atom. The van der Waals surface area contributed by atoms with Gasteiger partial charge in [0.2, 0.25) is 0 Å². The molecule has 0 saturated heterocycles. The number of hydrogen-bond donors (Lipinski definition) is 1. The van der Waals surface area contributed by atoms with Gasteiger partial charge >= 0.3 is 0 Å². The molecule has 0 aliphatic heterocycles. The number of aryl methyl sites for hydroxylation is 1. The zero-order valence-electron chi connectivity index (χ0n) is 7.29. The molecule has 0 aromatic heterocycles. The number of carbonyl (C=O) groups excluding carboxylic acids is 1. The van der Waals surface area contributed by atoms with E-state index in [0.717, 1.165) is 5.56 Å². The molecule has 1 rings (SSSR count). The molecule has 0 saturated carbocycles. The molecule has 0 amide bonds. The molecule has 12 heavy (non-hydrogen) atoms. The van der Waals surface area contributed by atoms with Crippen LogP contribution in [-0.2, 0) is 11.2 Å². The van der Waals surface area contributed by atoms with Gasteiger partial charge in [-0.1, -0.05) is 18.2 Å². The van der Waals surface area contributed by atoms with E-state index in [2.05, 4.69) is 12.6 Å². The second-order valence-electron chi connectivity index (χ2n) is 2.93. The molecule has 0 radical (unpaired) electrons. The Labute approximate surface area is 78.2 Å². The molecular formula is C10H12OS. The average molecular weight is 180 g/mol. The van der Waals surface area contributed by atoms with Crippen LogP contribution in [0.5, 0.6) is 0 Å². The number of benzene rings is 1. The van der Waals surface area contributed by atoms with Gasteiger partial charge in [0.15, 0.2) is 5.12 Å². The number of carbonyl (C=O) groups is 1. The van der Waals surface area contributed by atoms with Gasteiger partial charge < -0.3 is 0 Å². The van der Waals surface area contributed by atoms with Crippen molar-refractivity contribution in [3.05, 3.63) is 34.9 Å². The standard InChI is InChI=1S/C10H12OS/c1-7-4-3-5-9(8(7)2)6-10(11)12/h3-5H,6H2,1-2H3,(H,11,12). The lowest BCUT2D eigenvalue weighted by atomic mass is 10.0. The molecule has 0 spiro atoms. The van der Waals surface area contributed by atoms with Crippen molar-refractivity contribution < 1.29 is 4.79 Å². The Morgan fingerprint density at radius 3 is 2.67 bits per heavy atom. The minimum absolute atomic E-state index is 0.0799. The number of rotatable bonds is 2. The zero-order valence-corrected chi connectivity index (χ0v) is 8.19. The van der Waals surface area contributed by atoms with E-state index in [1.54, 1.807) is 0 Å². The van der Waals surface area contributed by atoms with Gasteiger partial charge in [-0.3, -0.25) is 4.79 Å². The molecule has 1 aromatic carbocycles. The second-order valence-corrected chi connectivity index (χ2v) is 3.43. The van der Waals surface area contributed by atoms with Crippen LogP contribution in [0, 0.1) is 13.8 Å². The molecule has 2 heteroatoms. The smallest absolute Gasteiger partial charge is 0.190 e. The molecular weight excluding hydrogens is 168 g/mol. The maximum absolute atomic E-state index is 10.7. The van der Waals surface area contributed by atoms with Crippen molar-refractivity contribution in [1.29, 1.82) is 0 Å². The fourth-order valence-electron chi connectivity index (χ4n) is 1.17. The van der Waals surface area contributed by atoms with Gasteiger partial charge in [0.1, 0.15) is 0 Å². The molecule has 0 aliphatic carbocycles. The quantitative estimate of drug-likeness (QED) is 0.691. The summed E-state index contributed by atoms with van der Waals surface area (Å²) in [6, 6.07) is 5.98. The van der Waals surface area contributed by atoms with Crippen LogP contribution in [0.3, 0.4) is 0 Å². The van der Waals surface area contributed by atoms with Crippen molar-refractivity contribution in [2.45, 2.75) is 20.3 Å². The Balaban J connectivity index is 3.00. The van der Waals surface area contributed by atoms with Crippen LogP contribution < -0.4 is 0 Å². The first-order chi connectivity index (χ1) is 5.61. The van der Waals surface area contributed by atoms with Gasteiger partial charge in [0, 0.05) is 6.42 Å². The number of hydrogen-bond acceptors (Lipinski definition) is 1. The van der Waals surface area contributed by atoms with E-state index in [0.29, 0.717) is 6.42 Å². The summed E-state index contributed by atoms with van der Waals surface area (Å²) in [5, 5.41) is -0.0799. The van der Waals surface area contributed by atoms with Crippen molar-refractivity contribution >= 4 is 17.7 Å². The maximum atomic E-state index is 10.7. The van der Waals surface area contributed by atoms with Gasteiger partial charge in [0.25, 0.3) is 0 Å². The van der Waals surface area contributed by atoms with Gasteiger partial charge in [-0.2, -0.15) is 0 Å². The predicted molar refractivity (Wildman–Crippen MR) is 53.6 cm³/mol. The Hall–Kier alpha value is -0.760. The monoisotopic (exact) mass is 180 g/mol. The fraction of sp³-hybridized carbons (Fsp3) is 0.300. The first-order valence-corrected chi connectivity index (χ1v) is 4.33. The summed E-state index contributed by atoms with van der Waals surface area (Å²) >= 11 is 3.75. The highest BCUT2D eigenvalue weighted by molar-refractivity contribution is 7.96. The average Bonchev–Trinajstić information content (AvgIpc) is 1.98. The van der Waals surface area contributed by atoms with Crippen molar-refractivity contribution in [3.63, 3.8) is 0 Å². The van der Waals surface area contributed by atoms with Gasteiger partial charge in [-0.05, 0) is 30.5 Å². The van der Waals surface area contributed by atoms with E-state index in [4.69, 9.17) is 0 Å². The summed E-state index contributed by atoms with van der Waals surface area (Å²) in [5.74, 6) is 0. The Kier molecular flexibility index (Phi) is 2.93. The molecule has 0 heterocycles. The summed E-state index contributed by atoms with van der Waals surface area (Å²) < 4.78 is 0. The van der Waals surface area contributed by atoms with Crippen LogP contribution in [0.2, 0.25) is 0 Å². The minimum Gasteiger partial charge on any atom is -0.287 e. The third-order valence-corrected chi connectivity index (χ3v) is 2.22. The van der Waals surface area contributed by atoms with Crippen LogP contribution >= 0.6 is 12.6 Å². The van der Waals surface area contributed by atoms with E-state index < -0.39 is 0 Å². The SMILES string of the molecule is Cc1cccc(CC(=O)S)c1C. The molecule has 0 fully saturated rings. The van der Waals surface area contributed by atoms with Gasteiger partial charge in [0.05, 0.1) is 0 Å². The first-order valence-electron chi connectivity index (χ1n) is 3.88. The molecule has 0 unspecified atom stereocenters. The molecule has 0 N–H and O–H groups in total. The molecule has 0 bridgehead atoms. The number of thiol groups is 1. The van der Waals surface area contributed by atoms with E-state index in [1.165, 1.54) is 11.1 Å². The lowest BCUT2D eigenvalue weighted by molar-refractivity contribution is -0.110. The predicted octanol–water partition coefficient (Wildman–Crippen LogP) is 2.30. The molecule has 0 aliphatic rings. The third-order valence-electron chi connectivity index (χ3n) is 2.06. The van der Waals surface area contributed by atoms with Crippen LogP contribution in [0.1, 0.15) is 16.7 Å². The topological polar surface area (TPSA) is 17.1 Å². The van der Waals surface area contributed by atoms with Gasteiger partial charge in [-0.15, -0.1) is 12.6 Å². The van der Waals surface area contributed by atoms with Gasteiger partial charge in [-0.25, -0.2) is 0 Å². The van der Waals surface area contributed by atoms with E-state index in [9.17, 15) is 4.79 Å². The largest absolute Gasteiger partial charge is 0.287 e. The van der Waals surface area contributed by atoms with Crippen LogP contribution in [0.4, 0.5) is 0 Å². The maximum Gasteiger partial charge on any atom is 0.190 e. The van der Waals surface area contributed by atoms with E-state index >= 15 is 0 Å². The Morgan fingerprint density at radius 2 is 2.08 bits per heavy atom. The zero-order chi connectivity index (χ0) is 9.14. The van der Waals surface area contributed by atoms with Crippen LogP contribution in [-0.4, -0.2) is 5.12 Å². The lowest BCUT2D eigenvalue weighted by Gasteiger charge is -2.05. The highest BCUT2D eigenvalue weighted by Gasteiger charge is 2.02. The van der Waals surface area contributed by atoms with E-state index in [-0.39, 0.29) is 5.12 Å². The molecule has 0 atom stereocenters. The third kappa shape index (κ3) is 2.11. The van der Waals surface area contributed by atoms with Crippen LogP contribution in [0.15, 0.2) is 18.2 Å². The highest BCUT2D eigenvalue weighted by atomic mass is 32.1. The van der Waals surface area contributed by atoms with Crippen molar-refractivity contribution in [1.82, 2.24) is 0 Å². The van der Waals surface area contributed by atoms with E-state index in [1.807, 2.05) is 32.0 Å². The summed E-state index contributed by atoms with van der Waals surface area (Å²) in [4.78, 5) is 10.7. The molecule has 64 valence electrons. The first kappa shape index (κ1) is 9.33. The summed E-state index contributed by atoms with van der Waals surface area (Å²) in [6.07, 6.45) is 0.427. The fourth-order valence-corrected chi connectivity index (χ4v) is 1.34. The Bertz CT molecular complexity index is 305. The van der Waals surface area contributed by atoms with Crippen molar-refractivity contribution in [2.75, 3.05) is 0 Å². The molecule has 1 nitrogen and oxygen atoms in total. The van der Waals surface area contributed by atoms with Crippen molar-refractivity contribution in [2.24, 2.45) is 0 Å². The molecule has 1 aromatic rings. The minimum atomic E-state index is -0.0799. The second kappa shape index (κ2) is 3.76. The summed E-state index contributed by atoms with van der Waals surface area (Å²) in [5.41, 5.74) is 3.50. The summed E-state index contributed by atoms with van der Waals surface area (Å²) in [6.45, 7) is 4.07. The summed E-state index contributed by atoms with van der Waals surface area (Å²) in [7, 11) is 0.